The van der Waals surface area contributed by atoms with Crippen LogP contribution in [0.1, 0.15) is 16.4 Å². The number of amides is 1. The largest absolute Gasteiger partial charge is 0.497 e. The predicted molar refractivity (Wildman–Crippen MR) is 119 cm³/mol. The van der Waals surface area contributed by atoms with Crippen molar-refractivity contribution >= 4 is 16.9 Å². The minimum absolute atomic E-state index is 0.0654. The Morgan fingerprint density at radius 2 is 1.82 bits per heavy atom. The maximum atomic E-state index is 12.9. The lowest BCUT2D eigenvalue weighted by Crippen LogP contribution is -2.48. The minimum atomic E-state index is -0.277. The smallest absolute Gasteiger partial charge is 0.289 e. The van der Waals surface area contributed by atoms with Gasteiger partial charge in [-0.25, -0.2) is 0 Å². The lowest BCUT2D eigenvalue weighted by molar-refractivity contribution is 0.0594. The Labute approximate surface area is 189 Å². The van der Waals surface area contributed by atoms with E-state index in [4.69, 9.17) is 9.15 Å². The Morgan fingerprint density at radius 1 is 1.06 bits per heavy atom. The van der Waals surface area contributed by atoms with Crippen molar-refractivity contribution in [1.82, 2.24) is 30.0 Å². The van der Waals surface area contributed by atoms with E-state index in [0.29, 0.717) is 49.5 Å². The summed E-state index contributed by atoms with van der Waals surface area (Å²) in [6.45, 7) is 2.88. The molecule has 1 amide bonds. The summed E-state index contributed by atoms with van der Waals surface area (Å²) in [6.07, 6.45) is 0. The number of tetrazole rings is 1. The summed E-state index contributed by atoms with van der Waals surface area (Å²) in [7, 11) is 1.62. The van der Waals surface area contributed by atoms with E-state index in [9.17, 15) is 9.59 Å². The molecule has 5 rings (SSSR count). The molecule has 1 aliphatic rings. The van der Waals surface area contributed by atoms with E-state index >= 15 is 0 Å². The zero-order valence-electron chi connectivity index (χ0n) is 18.0. The quantitative estimate of drug-likeness (QED) is 0.456. The average Bonchev–Trinajstić information content (AvgIpc) is 3.32. The van der Waals surface area contributed by atoms with Gasteiger partial charge in [0.25, 0.3) is 5.91 Å². The first-order valence-corrected chi connectivity index (χ1v) is 10.6. The fourth-order valence-corrected chi connectivity index (χ4v) is 3.90. The molecular formula is C23H22N6O4. The maximum absolute atomic E-state index is 12.9. The third kappa shape index (κ3) is 4.20. The lowest BCUT2D eigenvalue weighted by Gasteiger charge is -2.34. The molecule has 168 valence electrons. The molecule has 0 saturated carbocycles. The molecule has 1 saturated heterocycles. The second-order valence-corrected chi connectivity index (χ2v) is 7.74. The summed E-state index contributed by atoms with van der Waals surface area (Å²) in [5.74, 6) is 1.26. The van der Waals surface area contributed by atoms with Crippen molar-refractivity contribution in [2.24, 2.45) is 0 Å². The van der Waals surface area contributed by atoms with E-state index in [1.54, 1.807) is 41.0 Å². The highest BCUT2D eigenvalue weighted by atomic mass is 16.5. The summed E-state index contributed by atoms with van der Waals surface area (Å²) in [5.41, 5.74) is 1.04. The van der Waals surface area contributed by atoms with Crippen molar-refractivity contribution in [2.75, 3.05) is 33.3 Å². The molecule has 1 fully saturated rings. The van der Waals surface area contributed by atoms with Gasteiger partial charge in [-0.1, -0.05) is 12.1 Å². The number of aromatic nitrogens is 4. The van der Waals surface area contributed by atoms with Crippen molar-refractivity contribution in [2.45, 2.75) is 6.54 Å². The molecule has 0 bridgehead atoms. The van der Waals surface area contributed by atoms with Gasteiger partial charge in [0.05, 0.1) is 24.7 Å². The number of para-hydroxylation sites is 1. The van der Waals surface area contributed by atoms with Crippen LogP contribution in [0, 0.1) is 0 Å². The van der Waals surface area contributed by atoms with Gasteiger partial charge in [0.1, 0.15) is 11.3 Å². The first-order chi connectivity index (χ1) is 16.1. The van der Waals surface area contributed by atoms with Crippen LogP contribution < -0.4 is 10.2 Å². The Balaban J connectivity index is 1.24. The van der Waals surface area contributed by atoms with Gasteiger partial charge in [0, 0.05) is 32.2 Å². The normalized spacial score (nSPS) is 14.5. The molecule has 4 aromatic rings. The molecule has 3 heterocycles. The minimum Gasteiger partial charge on any atom is -0.497 e. The molecule has 0 unspecified atom stereocenters. The van der Waals surface area contributed by atoms with E-state index in [1.807, 2.05) is 24.3 Å². The standard InChI is InChI=1S/C23H22N6O4/c1-32-17-8-6-16(7-9-17)29-22(24-25-26-29)15-27-10-12-28(13-11-27)23(31)21-14-19(30)18-4-2-3-5-20(18)33-21/h2-9,14H,10-13,15H2,1H3. The lowest BCUT2D eigenvalue weighted by atomic mass is 10.2. The van der Waals surface area contributed by atoms with Crippen molar-refractivity contribution in [3.05, 3.63) is 76.4 Å². The number of benzene rings is 2. The molecule has 0 spiro atoms. The molecule has 0 atom stereocenters. The monoisotopic (exact) mass is 446 g/mol. The van der Waals surface area contributed by atoms with E-state index in [1.165, 1.54) is 6.07 Å². The molecule has 0 aliphatic carbocycles. The highest BCUT2D eigenvalue weighted by Gasteiger charge is 2.25. The number of hydrogen-bond acceptors (Lipinski definition) is 8. The zero-order chi connectivity index (χ0) is 22.8. The Bertz CT molecular complexity index is 1340. The molecule has 33 heavy (non-hydrogen) atoms. The van der Waals surface area contributed by atoms with Gasteiger partial charge in [0.15, 0.2) is 17.0 Å². The van der Waals surface area contributed by atoms with Crippen LogP contribution in [-0.4, -0.2) is 69.2 Å². The first kappa shape index (κ1) is 20.8. The molecule has 2 aromatic heterocycles. The van der Waals surface area contributed by atoms with Crippen LogP contribution in [0.25, 0.3) is 16.7 Å². The van der Waals surface area contributed by atoms with Crippen molar-refractivity contribution < 1.29 is 13.9 Å². The molecule has 0 N–H and O–H groups in total. The molecule has 10 nitrogen and oxygen atoms in total. The second-order valence-electron chi connectivity index (χ2n) is 7.74. The first-order valence-electron chi connectivity index (χ1n) is 10.6. The molecule has 10 heteroatoms. The number of rotatable bonds is 5. The van der Waals surface area contributed by atoms with Crippen LogP contribution in [0.15, 0.2) is 63.8 Å². The molecule has 2 aromatic carbocycles. The number of fused-ring (bicyclic) bond motifs is 1. The van der Waals surface area contributed by atoms with Crippen molar-refractivity contribution in [3.63, 3.8) is 0 Å². The van der Waals surface area contributed by atoms with Gasteiger partial charge >= 0.3 is 0 Å². The Kier molecular flexibility index (Phi) is 5.57. The van der Waals surface area contributed by atoms with E-state index in [2.05, 4.69) is 20.4 Å². The summed E-state index contributed by atoms with van der Waals surface area (Å²) in [5, 5.41) is 12.6. The zero-order valence-corrected chi connectivity index (χ0v) is 18.0. The predicted octanol–water partition coefficient (Wildman–Crippen LogP) is 1.74. The van der Waals surface area contributed by atoms with Crippen LogP contribution in [-0.2, 0) is 6.54 Å². The molecule has 1 aliphatic heterocycles. The third-order valence-corrected chi connectivity index (χ3v) is 5.72. The van der Waals surface area contributed by atoms with E-state index in [0.717, 1.165) is 11.4 Å². The average molecular weight is 446 g/mol. The highest BCUT2D eigenvalue weighted by molar-refractivity contribution is 5.93. The number of carbonyl (C=O) groups excluding carboxylic acids is 1. The van der Waals surface area contributed by atoms with E-state index in [-0.39, 0.29) is 17.1 Å². The third-order valence-electron chi connectivity index (χ3n) is 5.72. The fraction of sp³-hybridized carbons (Fsp3) is 0.261. The van der Waals surface area contributed by atoms with Crippen LogP contribution in [0.2, 0.25) is 0 Å². The van der Waals surface area contributed by atoms with Gasteiger partial charge in [-0.15, -0.1) is 5.10 Å². The van der Waals surface area contributed by atoms with Crippen LogP contribution >= 0.6 is 0 Å². The molecular weight excluding hydrogens is 424 g/mol. The van der Waals surface area contributed by atoms with Gasteiger partial charge in [-0.05, 0) is 46.8 Å². The fourth-order valence-electron chi connectivity index (χ4n) is 3.90. The van der Waals surface area contributed by atoms with Crippen molar-refractivity contribution in [1.29, 1.82) is 0 Å². The van der Waals surface area contributed by atoms with Crippen LogP contribution in [0.5, 0.6) is 5.75 Å². The number of methoxy groups -OCH3 is 1. The number of carbonyl (C=O) groups is 1. The number of ether oxygens (including phenoxy) is 1. The SMILES string of the molecule is COc1ccc(-n2nnnc2CN2CCN(C(=O)c3cc(=O)c4ccccc4o3)CC2)cc1. The topological polar surface area (TPSA) is 107 Å². The summed E-state index contributed by atoms with van der Waals surface area (Å²) in [6, 6.07) is 15.7. The van der Waals surface area contributed by atoms with Gasteiger partial charge in [-0.3, -0.25) is 14.5 Å². The Morgan fingerprint density at radius 3 is 2.58 bits per heavy atom. The molecule has 0 radical (unpaired) electrons. The van der Waals surface area contributed by atoms with Crippen LogP contribution in [0.3, 0.4) is 0 Å². The van der Waals surface area contributed by atoms with Gasteiger partial charge in [-0.2, -0.15) is 4.68 Å². The summed E-state index contributed by atoms with van der Waals surface area (Å²) in [4.78, 5) is 29.2. The van der Waals surface area contributed by atoms with Gasteiger partial charge < -0.3 is 14.1 Å². The maximum Gasteiger partial charge on any atom is 0.289 e. The number of hydrogen-bond donors (Lipinski definition) is 0. The second kappa shape index (κ2) is 8.83. The van der Waals surface area contributed by atoms with E-state index < -0.39 is 0 Å². The van der Waals surface area contributed by atoms with Gasteiger partial charge in [0.2, 0.25) is 0 Å². The van der Waals surface area contributed by atoms with Crippen molar-refractivity contribution in [3.8, 4) is 11.4 Å². The summed E-state index contributed by atoms with van der Waals surface area (Å²) >= 11 is 0. The van der Waals surface area contributed by atoms with Crippen LogP contribution in [0.4, 0.5) is 0 Å². The summed E-state index contributed by atoms with van der Waals surface area (Å²) < 4.78 is 12.6. The number of nitrogens with zero attached hydrogens (tertiary/aromatic N) is 6. The Hall–Kier alpha value is -4.05. The highest BCUT2D eigenvalue weighted by Crippen LogP contribution is 2.17. The number of piperazine rings is 1.